The predicted octanol–water partition coefficient (Wildman–Crippen LogP) is 9.14. The predicted molar refractivity (Wildman–Crippen MR) is 207 cm³/mol. The molecule has 2 heterocycles. The maximum Gasteiger partial charge on any atom is 0.261 e. The van der Waals surface area contributed by atoms with Gasteiger partial charge in [0.05, 0.1) is 16.3 Å². The van der Waals surface area contributed by atoms with Gasteiger partial charge in [-0.1, -0.05) is 98.8 Å². The van der Waals surface area contributed by atoms with Gasteiger partial charge in [0.15, 0.2) is 0 Å². The summed E-state index contributed by atoms with van der Waals surface area (Å²) in [6.07, 6.45) is 2.04. The van der Waals surface area contributed by atoms with Crippen molar-refractivity contribution in [3.05, 3.63) is 161 Å². The Morgan fingerprint density at radius 2 is 1.19 bits per heavy atom. The Balaban J connectivity index is 0.000000198. The highest BCUT2D eigenvalue weighted by molar-refractivity contribution is 7.92. The molecule has 272 valence electrons. The van der Waals surface area contributed by atoms with E-state index >= 15 is 0 Å². The van der Waals surface area contributed by atoms with Crippen molar-refractivity contribution in [2.24, 2.45) is 0 Å². The van der Waals surface area contributed by atoms with Gasteiger partial charge in [-0.2, -0.15) is 0 Å². The van der Waals surface area contributed by atoms with E-state index in [-0.39, 0.29) is 28.0 Å². The molecule has 0 bridgehead atoms. The minimum absolute atomic E-state index is 0.0270. The maximum atomic E-state index is 14.8. The average molecular weight is 723 g/mol. The molecular formula is C43H48F2N4O2S. The number of likely N-dealkylation sites (tertiary alicyclic amines) is 2. The summed E-state index contributed by atoms with van der Waals surface area (Å²) in [5.74, 6) is 0.107. The first-order valence-electron chi connectivity index (χ1n) is 18.0. The third-order valence-corrected chi connectivity index (χ3v) is 11.5. The van der Waals surface area contributed by atoms with Crippen LogP contribution in [-0.4, -0.2) is 44.4 Å². The van der Waals surface area contributed by atoms with Crippen molar-refractivity contribution >= 4 is 21.4 Å². The van der Waals surface area contributed by atoms with Gasteiger partial charge in [0.2, 0.25) is 0 Å². The number of hydrogen-bond donors (Lipinski definition) is 2. The molecule has 52 heavy (non-hydrogen) atoms. The lowest BCUT2D eigenvalue weighted by Gasteiger charge is -2.17. The first-order valence-corrected chi connectivity index (χ1v) is 19.5. The second-order valence-corrected chi connectivity index (χ2v) is 15.9. The first kappa shape index (κ1) is 37.2. The van der Waals surface area contributed by atoms with Crippen LogP contribution in [0.2, 0.25) is 0 Å². The van der Waals surface area contributed by atoms with Gasteiger partial charge >= 0.3 is 0 Å². The molecule has 2 saturated heterocycles. The molecule has 0 aliphatic carbocycles. The van der Waals surface area contributed by atoms with Crippen molar-refractivity contribution < 1.29 is 17.2 Å². The third kappa shape index (κ3) is 9.64. The largest absolute Gasteiger partial charge is 0.396 e. The molecule has 2 unspecified atom stereocenters. The van der Waals surface area contributed by atoms with E-state index in [0.717, 1.165) is 68.8 Å². The van der Waals surface area contributed by atoms with E-state index in [1.54, 1.807) is 36.4 Å². The Morgan fingerprint density at radius 3 is 1.67 bits per heavy atom. The molecule has 5 aromatic carbocycles. The van der Waals surface area contributed by atoms with Crippen molar-refractivity contribution in [2.45, 2.75) is 62.4 Å². The zero-order valence-corrected chi connectivity index (χ0v) is 30.7. The van der Waals surface area contributed by atoms with Crippen LogP contribution in [0.4, 0.5) is 20.2 Å². The molecule has 9 heteroatoms. The highest BCUT2D eigenvalue weighted by Gasteiger charge is 2.26. The van der Waals surface area contributed by atoms with Crippen LogP contribution in [0.15, 0.2) is 126 Å². The summed E-state index contributed by atoms with van der Waals surface area (Å²) in [4.78, 5) is 4.92. The summed E-state index contributed by atoms with van der Waals surface area (Å²) in [5, 5.41) is 0. The van der Waals surface area contributed by atoms with Gasteiger partial charge < -0.3 is 5.73 Å². The number of anilines is 2. The van der Waals surface area contributed by atoms with E-state index < -0.39 is 15.8 Å². The first-order chi connectivity index (χ1) is 25.0. The number of nitrogen functional groups attached to an aromatic ring is 1. The number of rotatable bonds is 10. The van der Waals surface area contributed by atoms with Gasteiger partial charge in [0.25, 0.3) is 10.0 Å². The molecule has 2 atom stereocenters. The van der Waals surface area contributed by atoms with E-state index in [1.807, 2.05) is 50.2 Å². The molecule has 3 N–H and O–H groups in total. The monoisotopic (exact) mass is 722 g/mol. The lowest BCUT2D eigenvalue weighted by molar-refractivity contribution is 0.327. The number of nitrogens with one attached hydrogen (secondary N) is 1. The average Bonchev–Trinajstić information content (AvgIpc) is 3.81. The summed E-state index contributed by atoms with van der Waals surface area (Å²) in [7, 11) is -3.85. The summed E-state index contributed by atoms with van der Waals surface area (Å²) in [6.45, 7) is 9.81. The van der Waals surface area contributed by atoms with Crippen molar-refractivity contribution in [1.82, 2.24) is 9.80 Å². The van der Waals surface area contributed by atoms with E-state index in [4.69, 9.17) is 5.73 Å². The van der Waals surface area contributed by atoms with Crippen LogP contribution >= 0.6 is 0 Å². The Bertz CT molecular complexity index is 2030. The van der Waals surface area contributed by atoms with Crippen molar-refractivity contribution in [1.29, 1.82) is 0 Å². The fourth-order valence-electron chi connectivity index (χ4n) is 7.08. The molecule has 6 nitrogen and oxygen atoms in total. The molecule has 0 aromatic heterocycles. The number of nitrogens with two attached hydrogens (primary N) is 1. The number of hydrogen-bond acceptors (Lipinski definition) is 5. The smallest absolute Gasteiger partial charge is 0.261 e. The zero-order valence-electron chi connectivity index (χ0n) is 29.9. The van der Waals surface area contributed by atoms with Gasteiger partial charge in [-0.25, -0.2) is 17.2 Å². The Morgan fingerprint density at radius 1 is 0.692 bits per heavy atom. The van der Waals surface area contributed by atoms with Gasteiger partial charge in [0.1, 0.15) is 11.6 Å². The van der Waals surface area contributed by atoms with Crippen LogP contribution in [-0.2, 0) is 23.1 Å². The third-order valence-electron chi connectivity index (χ3n) is 10.1. The SMILES string of the molecule is CC(C)c1ccc(S(=O)(=O)Nc2ccc(C3CCN(Cc4ccccc4)C3)cc2F)cc1.Nc1ccc(C2CCN(Cc3ccccc3)C2)cc1F. The van der Waals surface area contributed by atoms with Gasteiger partial charge in [-0.3, -0.25) is 14.5 Å². The van der Waals surface area contributed by atoms with Gasteiger partial charge in [-0.05, 0) is 108 Å². The molecule has 0 spiro atoms. The standard InChI is InChI=1S/C26H29FN2O2S.C17H19FN2/c1-19(2)21-8-11-24(12-9-21)32(30,31)28-26-13-10-22(16-25(26)27)23-14-15-29(18-23)17-20-6-4-3-5-7-20;18-16-10-14(6-7-17(16)19)15-8-9-20(12-15)11-13-4-2-1-3-5-13/h3-13,16,19,23,28H,14-15,17-18H2,1-2H3;1-7,10,15H,8-9,11-12,19H2. The van der Waals surface area contributed by atoms with Crippen LogP contribution in [0.25, 0.3) is 0 Å². The molecule has 0 saturated carbocycles. The quantitative estimate of drug-likeness (QED) is 0.141. The summed E-state index contributed by atoms with van der Waals surface area (Å²) < 4.78 is 56.2. The Labute approximate surface area is 307 Å². The van der Waals surface area contributed by atoms with E-state index in [1.165, 1.54) is 23.3 Å². The minimum Gasteiger partial charge on any atom is -0.396 e. The van der Waals surface area contributed by atoms with Gasteiger partial charge in [-0.15, -0.1) is 0 Å². The highest BCUT2D eigenvalue weighted by Crippen LogP contribution is 2.32. The molecule has 2 aliphatic rings. The summed E-state index contributed by atoms with van der Waals surface area (Å²) in [5.41, 5.74) is 11.4. The van der Waals surface area contributed by atoms with E-state index in [2.05, 4.69) is 50.9 Å². The fourth-order valence-corrected chi connectivity index (χ4v) is 8.15. The molecule has 5 aromatic rings. The molecule has 0 radical (unpaired) electrons. The molecule has 0 amide bonds. The zero-order chi connectivity index (χ0) is 36.7. The highest BCUT2D eigenvalue weighted by atomic mass is 32.2. The van der Waals surface area contributed by atoms with Crippen LogP contribution < -0.4 is 10.5 Å². The molecule has 2 fully saturated rings. The van der Waals surface area contributed by atoms with Crippen LogP contribution in [0.1, 0.15) is 72.3 Å². The number of sulfonamides is 1. The van der Waals surface area contributed by atoms with E-state index in [0.29, 0.717) is 11.8 Å². The topological polar surface area (TPSA) is 78.7 Å². The minimum atomic E-state index is -3.85. The number of nitrogens with zero attached hydrogens (tertiary/aromatic N) is 2. The normalized spacial score (nSPS) is 17.9. The summed E-state index contributed by atoms with van der Waals surface area (Å²) >= 11 is 0. The molecule has 7 rings (SSSR count). The Kier molecular flexibility index (Phi) is 12.0. The molecular weight excluding hydrogens is 675 g/mol. The van der Waals surface area contributed by atoms with Crippen molar-refractivity contribution in [3.63, 3.8) is 0 Å². The molecule has 2 aliphatic heterocycles. The van der Waals surface area contributed by atoms with Crippen LogP contribution in [0, 0.1) is 11.6 Å². The second-order valence-electron chi connectivity index (χ2n) is 14.3. The Hall–Kier alpha value is -4.57. The lowest BCUT2D eigenvalue weighted by Crippen LogP contribution is -2.19. The summed E-state index contributed by atoms with van der Waals surface area (Å²) in [6, 6.07) is 37.5. The lowest BCUT2D eigenvalue weighted by atomic mass is 9.98. The van der Waals surface area contributed by atoms with Gasteiger partial charge in [0, 0.05) is 26.2 Å². The van der Waals surface area contributed by atoms with Crippen molar-refractivity contribution in [3.8, 4) is 0 Å². The number of halogens is 2. The van der Waals surface area contributed by atoms with Crippen LogP contribution in [0.5, 0.6) is 0 Å². The van der Waals surface area contributed by atoms with Crippen LogP contribution in [0.3, 0.4) is 0 Å². The fraction of sp³-hybridized carbons (Fsp3) is 0.302. The van der Waals surface area contributed by atoms with Crippen molar-refractivity contribution in [2.75, 3.05) is 36.6 Å². The van der Waals surface area contributed by atoms with E-state index in [9.17, 15) is 17.2 Å². The second kappa shape index (κ2) is 16.8. The number of benzene rings is 5. The maximum absolute atomic E-state index is 14.8.